The fourth-order valence-electron chi connectivity index (χ4n) is 3.75. The topological polar surface area (TPSA) is 42.0 Å². The lowest BCUT2D eigenvalue weighted by atomic mass is 10.0. The van der Waals surface area contributed by atoms with E-state index in [2.05, 4.69) is 36.9 Å². The molecule has 2 aliphatic rings. The Bertz CT molecular complexity index is 839. The summed E-state index contributed by atoms with van der Waals surface area (Å²) in [6.45, 7) is 9.48. The number of benzene rings is 2. The summed E-state index contributed by atoms with van der Waals surface area (Å²) in [6, 6.07) is 14.2. The van der Waals surface area contributed by atoms with Crippen LogP contribution in [0.4, 0.5) is 0 Å². The molecule has 2 aromatic rings. The van der Waals surface area contributed by atoms with E-state index in [0.717, 1.165) is 19.6 Å². The molecule has 5 nitrogen and oxygen atoms in total. The number of nitrogens with zero attached hydrogens (tertiary/aromatic N) is 2. The van der Waals surface area contributed by atoms with Gasteiger partial charge in [-0.2, -0.15) is 0 Å². The number of amides is 1. The fraction of sp³-hybridized carbons (Fsp3) is 0.435. The van der Waals surface area contributed by atoms with Crippen LogP contribution in [0.1, 0.15) is 27.0 Å². The number of ether oxygens (including phenoxy) is 2. The minimum atomic E-state index is 0.0326. The van der Waals surface area contributed by atoms with Gasteiger partial charge in [0.25, 0.3) is 5.91 Å². The second kappa shape index (κ2) is 8.33. The van der Waals surface area contributed by atoms with Gasteiger partial charge < -0.3 is 14.4 Å². The zero-order chi connectivity index (χ0) is 19.5. The van der Waals surface area contributed by atoms with E-state index in [1.54, 1.807) is 0 Å². The van der Waals surface area contributed by atoms with Crippen LogP contribution in [-0.2, 0) is 11.3 Å². The van der Waals surface area contributed by atoms with Crippen LogP contribution in [0.5, 0.6) is 5.75 Å². The summed E-state index contributed by atoms with van der Waals surface area (Å²) in [4.78, 5) is 17.1. The summed E-state index contributed by atoms with van der Waals surface area (Å²) in [6.07, 6.45) is 0.130. The average molecular weight is 380 g/mol. The molecule has 2 saturated heterocycles. The monoisotopic (exact) mass is 380 g/mol. The molecule has 1 amide bonds. The zero-order valence-corrected chi connectivity index (χ0v) is 16.7. The van der Waals surface area contributed by atoms with E-state index in [-0.39, 0.29) is 12.0 Å². The smallest absolute Gasteiger partial charge is 0.257 e. The molecule has 0 radical (unpaired) electrons. The van der Waals surface area contributed by atoms with Gasteiger partial charge in [-0.05, 0) is 42.7 Å². The summed E-state index contributed by atoms with van der Waals surface area (Å²) in [7, 11) is 0. The van der Waals surface area contributed by atoms with Gasteiger partial charge in [0, 0.05) is 32.7 Å². The number of para-hydroxylation sites is 1. The lowest BCUT2D eigenvalue weighted by Crippen LogP contribution is -2.53. The summed E-state index contributed by atoms with van der Waals surface area (Å²) in [5, 5.41) is 0. The number of carbonyl (C=O) groups excluding carboxylic acids is 1. The molecule has 148 valence electrons. The van der Waals surface area contributed by atoms with Crippen molar-refractivity contribution in [3.05, 3.63) is 64.7 Å². The van der Waals surface area contributed by atoms with Crippen LogP contribution >= 0.6 is 0 Å². The number of morpholine rings is 1. The Morgan fingerprint density at radius 1 is 1.07 bits per heavy atom. The predicted molar refractivity (Wildman–Crippen MR) is 109 cm³/mol. The van der Waals surface area contributed by atoms with Crippen molar-refractivity contribution in [2.45, 2.75) is 26.5 Å². The highest BCUT2D eigenvalue weighted by Crippen LogP contribution is 2.25. The van der Waals surface area contributed by atoms with Crippen LogP contribution in [0.15, 0.2) is 42.5 Å². The van der Waals surface area contributed by atoms with Crippen molar-refractivity contribution < 1.29 is 14.3 Å². The van der Waals surface area contributed by atoms with Gasteiger partial charge in [0.05, 0.1) is 18.8 Å². The zero-order valence-electron chi connectivity index (χ0n) is 16.7. The summed E-state index contributed by atoms with van der Waals surface area (Å²) in [5.41, 5.74) is 4.65. The van der Waals surface area contributed by atoms with E-state index in [0.29, 0.717) is 37.6 Å². The quantitative estimate of drug-likeness (QED) is 0.800. The number of rotatable bonds is 5. The van der Waals surface area contributed by atoms with Crippen molar-refractivity contribution in [2.75, 3.05) is 39.4 Å². The van der Waals surface area contributed by atoms with Gasteiger partial charge in [-0.15, -0.1) is 0 Å². The summed E-state index contributed by atoms with van der Waals surface area (Å²) < 4.78 is 11.5. The van der Waals surface area contributed by atoms with E-state index in [4.69, 9.17) is 9.47 Å². The molecule has 28 heavy (non-hydrogen) atoms. The molecule has 0 bridgehead atoms. The molecule has 2 aliphatic heterocycles. The largest absolute Gasteiger partial charge is 0.487 e. The molecular weight excluding hydrogens is 352 g/mol. The number of hydrogen-bond donors (Lipinski definition) is 0. The summed E-state index contributed by atoms with van der Waals surface area (Å²) >= 11 is 0. The maximum absolute atomic E-state index is 12.9. The molecule has 0 unspecified atom stereocenters. The van der Waals surface area contributed by atoms with Gasteiger partial charge in [-0.25, -0.2) is 0 Å². The van der Waals surface area contributed by atoms with Crippen molar-refractivity contribution >= 4 is 5.91 Å². The SMILES string of the molecule is Cc1ccc(CN2CC(Oc3ccccc3C(=O)N3CCOCC3)C2)cc1C. The third kappa shape index (κ3) is 4.21. The second-order valence-electron chi connectivity index (χ2n) is 7.75. The van der Waals surface area contributed by atoms with Crippen LogP contribution in [-0.4, -0.2) is 61.2 Å². The van der Waals surface area contributed by atoms with Crippen molar-refractivity contribution in [2.24, 2.45) is 0 Å². The van der Waals surface area contributed by atoms with Crippen LogP contribution in [0.2, 0.25) is 0 Å². The van der Waals surface area contributed by atoms with E-state index in [1.165, 1.54) is 16.7 Å². The maximum Gasteiger partial charge on any atom is 0.257 e. The van der Waals surface area contributed by atoms with E-state index < -0.39 is 0 Å². The van der Waals surface area contributed by atoms with Crippen LogP contribution < -0.4 is 4.74 Å². The highest BCUT2D eigenvalue weighted by atomic mass is 16.5. The fourth-order valence-corrected chi connectivity index (χ4v) is 3.75. The third-order valence-corrected chi connectivity index (χ3v) is 5.61. The van der Waals surface area contributed by atoms with Crippen LogP contribution in [0, 0.1) is 13.8 Å². The Kier molecular flexibility index (Phi) is 5.64. The predicted octanol–water partition coefficient (Wildman–Crippen LogP) is 3.04. The molecule has 4 rings (SSSR count). The minimum Gasteiger partial charge on any atom is -0.487 e. The van der Waals surface area contributed by atoms with Gasteiger partial charge in [-0.3, -0.25) is 9.69 Å². The Labute approximate surface area is 166 Å². The highest BCUT2D eigenvalue weighted by molar-refractivity contribution is 5.97. The van der Waals surface area contributed by atoms with Gasteiger partial charge >= 0.3 is 0 Å². The molecule has 2 heterocycles. The molecule has 0 aromatic heterocycles. The lowest BCUT2D eigenvalue weighted by Gasteiger charge is -2.39. The molecular formula is C23H28N2O3. The third-order valence-electron chi connectivity index (χ3n) is 5.61. The van der Waals surface area contributed by atoms with Gasteiger partial charge in [0.1, 0.15) is 11.9 Å². The molecule has 0 atom stereocenters. The molecule has 0 N–H and O–H groups in total. The first-order valence-corrected chi connectivity index (χ1v) is 10.0. The number of hydrogen-bond acceptors (Lipinski definition) is 4. The van der Waals surface area contributed by atoms with Crippen molar-refractivity contribution in [3.63, 3.8) is 0 Å². The Balaban J connectivity index is 1.34. The van der Waals surface area contributed by atoms with Crippen molar-refractivity contribution in [3.8, 4) is 5.75 Å². The standard InChI is InChI=1S/C23H28N2O3/c1-17-7-8-19(13-18(17)2)14-24-15-20(16-24)28-22-6-4-3-5-21(22)23(26)25-9-11-27-12-10-25/h3-8,13,20H,9-12,14-16H2,1-2H3. The normalized spacial score (nSPS) is 18.0. The van der Waals surface area contributed by atoms with Crippen molar-refractivity contribution in [1.82, 2.24) is 9.80 Å². The molecule has 2 fully saturated rings. The first-order valence-electron chi connectivity index (χ1n) is 10.0. The van der Waals surface area contributed by atoms with E-state index >= 15 is 0 Å². The first-order chi connectivity index (χ1) is 13.6. The summed E-state index contributed by atoms with van der Waals surface area (Å²) in [5.74, 6) is 0.722. The van der Waals surface area contributed by atoms with Gasteiger partial charge in [0.15, 0.2) is 0 Å². The Morgan fingerprint density at radius 3 is 2.57 bits per heavy atom. The molecule has 5 heteroatoms. The van der Waals surface area contributed by atoms with Crippen LogP contribution in [0.3, 0.4) is 0 Å². The average Bonchev–Trinajstić information content (AvgIpc) is 2.69. The second-order valence-corrected chi connectivity index (χ2v) is 7.75. The van der Waals surface area contributed by atoms with E-state index in [9.17, 15) is 4.79 Å². The van der Waals surface area contributed by atoms with Crippen molar-refractivity contribution in [1.29, 1.82) is 0 Å². The molecule has 0 spiro atoms. The number of likely N-dealkylation sites (tertiary alicyclic amines) is 1. The highest BCUT2D eigenvalue weighted by Gasteiger charge is 2.30. The maximum atomic E-state index is 12.9. The Morgan fingerprint density at radius 2 is 1.82 bits per heavy atom. The minimum absolute atomic E-state index is 0.0326. The Hall–Kier alpha value is -2.37. The van der Waals surface area contributed by atoms with E-state index in [1.807, 2.05) is 29.2 Å². The number of aryl methyl sites for hydroxylation is 2. The lowest BCUT2D eigenvalue weighted by molar-refractivity contribution is 0.0125. The molecule has 2 aromatic carbocycles. The molecule has 0 saturated carbocycles. The first kappa shape index (κ1) is 19.0. The van der Waals surface area contributed by atoms with Gasteiger partial charge in [-0.1, -0.05) is 30.3 Å². The number of carbonyl (C=O) groups is 1. The van der Waals surface area contributed by atoms with Crippen LogP contribution in [0.25, 0.3) is 0 Å². The van der Waals surface area contributed by atoms with Gasteiger partial charge in [0.2, 0.25) is 0 Å². The molecule has 0 aliphatic carbocycles.